The molecule has 5 heteroatoms. The number of carbonyl (C=O) groups excluding carboxylic acids is 1. The molecule has 0 saturated heterocycles. The molecular formula is C15H22ClNO3. The zero-order valence-corrected chi connectivity index (χ0v) is 13.2. The summed E-state index contributed by atoms with van der Waals surface area (Å²) in [5.41, 5.74) is 0.776. The highest BCUT2D eigenvalue weighted by Gasteiger charge is 2.17. The van der Waals surface area contributed by atoms with Crippen LogP contribution in [-0.2, 0) is 11.2 Å². The second kappa shape index (κ2) is 7.39. The van der Waals surface area contributed by atoms with Crippen molar-refractivity contribution in [3.63, 3.8) is 0 Å². The number of hydrogen-bond donors (Lipinski definition) is 1. The third-order valence-corrected chi connectivity index (χ3v) is 3.66. The van der Waals surface area contributed by atoms with E-state index in [1.165, 1.54) is 0 Å². The standard InChI is InChI=1S/C15H22ClNO3/c1-15(2,9-16)10-17-14(18)8-11-5-6-12(19-3)13(7-11)20-4/h5-7H,8-10H2,1-4H3,(H,17,18). The van der Waals surface area contributed by atoms with Gasteiger partial charge in [-0.25, -0.2) is 0 Å². The van der Waals surface area contributed by atoms with Crippen molar-refractivity contribution in [3.8, 4) is 11.5 Å². The van der Waals surface area contributed by atoms with Gasteiger partial charge in [-0.2, -0.15) is 0 Å². The first-order valence-corrected chi connectivity index (χ1v) is 6.99. The molecule has 0 atom stereocenters. The quantitative estimate of drug-likeness (QED) is 0.787. The molecule has 0 radical (unpaired) electrons. The average molecular weight is 300 g/mol. The molecule has 0 heterocycles. The van der Waals surface area contributed by atoms with Crippen molar-refractivity contribution < 1.29 is 14.3 Å². The van der Waals surface area contributed by atoms with Crippen molar-refractivity contribution in [1.29, 1.82) is 0 Å². The second-order valence-electron chi connectivity index (χ2n) is 5.44. The van der Waals surface area contributed by atoms with Crippen LogP contribution in [0.4, 0.5) is 0 Å². The lowest BCUT2D eigenvalue weighted by Crippen LogP contribution is -2.35. The van der Waals surface area contributed by atoms with Crippen molar-refractivity contribution >= 4 is 17.5 Å². The van der Waals surface area contributed by atoms with Crippen LogP contribution in [0.15, 0.2) is 18.2 Å². The first kappa shape index (κ1) is 16.6. The van der Waals surface area contributed by atoms with E-state index >= 15 is 0 Å². The van der Waals surface area contributed by atoms with Gasteiger partial charge in [0, 0.05) is 12.4 Å². The molecule has 1 aromatic rings. The van der Waals surface area contributed by atoms with Crippen LogP contribution in [0.5, 0.6) is 11.5 Å². The smallest absolute Gasteiger partial charge is 0.224 e. The average Bonchev–Trinajstić information content (AvgIpc) is 2.45. The lowest BCUT2D eigenvalue weighted by molar-refractivity contribution is -0.120. The molecule has 112 valence electrons. The number of benzene rings is 1. The third-order valence-electron chi connectivity index (χ3n) is 2.94. The molecule has 0 saturated carbocycles. The van der Waals surface area contributed by atoms with Gasteiger partial charge in [0.15, 0.2) is 11.5 Å². The molecule has 0 unspecified atom stereocenters. The Morgan fingerprint density at radius 1 is 1.25 bits per heavy atom. The number of carbonyl (C=O) groups is 1. The first-order valence-electron chi connectivity index (χ1n) is 6.45. The summed E-state index contributed by atoms with van der Waals surface area (Å²) in [4.78, 5) is 11.9. The van der Waals surface area contributed by atoms with Gasteiger partial charge in [-0.3, -0.25) is 4.79 Å². The van der Waals surface area contributed by atoms with Crippen molar-refractivity contribution in [2.75, 3.05) is 26.6 Å². The van der Waals surface area contributed by atoms with Gasteiger partial charge in [0.05, 0.1) is 20.6 Å². The van der Waals surface area contributed by atoms with Crippen LogP contribution in [0.1, 0.15) is 19.4 Å². The van der Waals surface area contributed by atoms with Gasteiger partial charge < -0.3 is 14.8 Å². The monoisotopic (exact) mass is 299 g/mol. The number of hydrogen-bond acceptors (Lipinski definition) is 3. The van der Waals surface area contributed by atoms with E-state index in [1.807, 2.05) is 26.0 Å². The molecule has 20 heavy (non-hydrogen) atoms. The molecule has 1 rings (SSSR count). The minimum Gasteiger partial charge on any atom is -0.493 e. The summed E-state index contributed by atoms with van der Waals surface area (Å²) in [7, 11) is 3.16. The predicted molar refractivity (Wildman–Crippen MR) is 80.8 cm³/mol. The second-order valence-corrected chi connectivity index (χ2v) is 5.71. The maximum absolute atomic E-state index is 11.9. The predicted octanol–water partition coefficient (Wildman–Crippen LogP) is 2.63. The van der Waals surface area contributed by atoms with E-state index in [0.29, 0.717) is 30.3 Å². The molecule has 1 N–H and O–H groups in total. The molecule has 0 bridgehead atoms. The minimum absolute atomic E-state index is 0.0320. The molecule has 1 aromatic carbocycles. The van der Waals surface area contributed by atoms with E-state index < -0.39 is 0 Å². The van der Waals surface area contributed by atoms with Crippen LogP contribution in [-0.4, -0.2) is 32.6 Å². The van der Waals surface area contributed by atoms with Crippen LogP contribution in [0.25, 0.3) is 0 Å². The van der Waals surface area contributed by atoms with Gasteiger partial charge in [0.25, 0.3) is 0 Å². The van der Waals surface area contributed by atoms with Gasteiger partial charge in [-0.1, -0.05) is 19.9 Å². The fourth-order valence-electron chi connectivity index (χ4n) is 1.62. The molecule has 0 fully saturated rings. The Morgan fingerprint density at radius 3 is 2.45 bits per heavy atom. The molecule has 0 aliphatic carbocycles. The first-order chi connectivity index (χ1) is 9.41. The third kappa shape index (κ3) is 4.93. The van der Waals surface area contributed by atoms with Crippen molar-refractivity contribution in [3.05, 3.63) is 23.8 Å². The van der Waals surface area contributed by atoms with E-state index in [0.717, 1.165) is 5.56 Å². The Kier molecular flexibility index (Phi) is 6.14. The number of methoxy groups -OCH3 is 2. The van der Waals surface area contributed by atoms with E-state index in [9.17, 15) is 4.79 Å². The largest absolute Gasteiger partial charge is 0.493 e. The highest BCUT2D eigenvalue weighted by molar-refractivity contribution is 6.18. The zero-order valence-electron chi connectivity index (χ0n) is 12.5. The van der Waals surface area contributed by atoms with Gasteiger partial charge in [0.1, 0.15) is 0 Å². The van der Waals surface area contributed by atoms with Crippen molar-refractivity contribution in [2.45, 2.75) is 20.3 Å². The SMILES string of the molecule is COc1ccc(CC(=O)NCC(C)(C)CCl)cc1OC. The lowest BCUT2D eigenvalue weighted by Gasteiger charge is -2.21. The van der Waals surface area contributed by atoms with Crippen LogP contribution >= 0.6 is 11.6 Å². The summed E-state index contributed by atoms with van der Waals surface area (Å²) in [6, 6.07) is 5.46. The fourth-order valence-corrected chi connectivity index (χ4v) is 1.72. The number of alkyl halides is 1. The van der Waals surface area contributed by atoms with Crippen LogP contribution < -0.4 is 14.8 Å². The minimum atomic E-state index is -0.102. The van der Waals surface area contributed by atoms with Gasteiger partial charge >= 0.3 is 0 Å². The van der Waals surface area contributed by atoms with Crippen LogP contribution in [0.3, 0.4) is 0 Å². The van der Waals surface area contributed by atoms with E-state index in [1.54, 1.807) is 20.3 Å². The molecule has 0 aliphatic heterocycles. The summed E-state index contributed by atoms with van der Waals surface area (Å²) >= 11 is 5.83. The van der Waals surface area contributed by atoms with E-state index in [4.69, 9.17) is 21.1 Å². The number of rotatable bonds is 7. The summed E-state index contributed by atoms with van der Waals surface area (Å²) in [6.07, 6.45) is 0.304. The lowest BCUT2D eigenvalue weighted by atomic mass is 9.96. The Morgan fingerprint density at radius 2 is 1.90 bits per heavy atom. The normalized spacial score (nSPS) is 11.1. The van der Waals surface area contributed by atoms with Crippen LogP contribution in [0.2, 0.25) is 0 Å². The fraction of sp³-hybridized carbons (Fsp3) is 0.533. The van der Waals surface area contributed by atoms with Gasteiger partial charge in [0.2, 0.25) is 5.91 Å². The summed E-state index contributed by atoms with van der Waals surface area (Å²) in [6.45, 7) is 4.58. The summed E-state index contributed by atoms with van der Waals surface area (Å²) in [5, 5.41) is 2.89. The molecule has 0 aliphatic rings. The number of amides is 1. The maximum Gasteiger partial charge on any atom is 0.224 e. The molecule has 4 nitrogen and oxygen atoms in total. The Bertz CT molecular complexity index is 460. The van der Waals surface area contributed by atoms with Crippen molar-refractivity contribution in [2.24, 2.45) is 5.41 Å². The zero-order chi connectivity index (χ0) is 15.2. The Hall–Kier alpha value is -1.42. The topological polar surface area (TPSA) is 47.6 Å². The van der Waals surface area contributed by atoms with Gasteiger partial charge in [-0.15, -0.1) is 11.6 Å². The highest BCUT2D eigenvalue weighted by atomic mass is 35.5. The van der Waals surface area contributed by atoms with E-state index in [2.05, 4.69) is 5.32 Å². The molecule has 0 aromatic heterocycles. The Labute approximate surface area is 125 Å². The van der Waals surface area contributed by atoms with Crippen molar-refractivity contribution in [1.82, 2.24) is 5.32 Å². The van der Waals surface area contributed by atoms with Crippen LogP contribution in [0, 0.1) is 5.41 Å². The maximum atomic E-state index is 11.9. The van der Waals surface area contributed by atoms with Gasteiger partial charge in [-0.05, 0) is 23.1 Å². The Balaban J connectivity index is 2.62. The summed E-state index contributed by atoms with van der Waals surface area (Å²) < 4.78 is 10.4. The summed E-state index contributed by atoms with van der Waals surface area (Å²) in [5.74, 6) is 1.75. The number of ether oxygens (including phenoxy) is 2. The van der Waals surface area contributed by atoms with E-state index in [-0.39, 0.29) is 11.3 Å². The number of nitrogens with one attached hydrogen (secondary N) is 1. The molecule has 1 amide bonds. The highest BCUT2D eigenvalue weighted by Crippen LogP contribution is 2.27. The molecular weight excluding hydrogens is 278 g/mol. The number of halogens is 1. The molecule has 0 spiro atoms.